The molecule has 0 amide bonds. The maximum Gasteiger partial charge on any atom is 0.319 e. The summed E-state index contributed by atoms with van der Waals surface area (Å²) in [5.74, 6) is 0.107. The van der Waals surface area contributed by atoms with Gasteiger partial charge < -0.3 is 5.73 Å². The molecule has 0 saturated heterocycles. The van der Waals surface area contributed by atoms with Gasteiger partial charge in [-0.05, 0) is 0 Å². The molecule has 1 rings (SSSR count). The minimum Gasteiger partial charge on any atom is -0.382 e. The van der Waals surface area contributed by atoms with Gasteiger partial charge in [-0.25, -0.2) is 4.98 Å². The van der Waals surface area contributed by atoms with E-state index in [2.05, 4.69) is 4.98 Å². The highest BCUT2D eigenvalue weighted by Crippen LogP contribution is 2.09. The van der Waals surface area contributed by atoms with Gasteiger partial charge in [0, 0.05) is 0 Å². The Bertz CT molecular complexity index is 195. The van der Waals surface area contributed by atoms with Crippen molar-refractivity contribution in [2.75, 3.05) is 5.73 Å². The fourth-order valence-corrected chi connectivity index (χ4v) is 0.459. The average Bonchev–Trinajstić information content (AvgIpc) is 2.14. The quantitative estimate of drug-likeness (QED) is 0.617. The Morgan fingerprint density at radius 2 is 2.33 bits per heavy atom. The van der Waals surface area contributed by atoms with Crippen LogP contribution < -0.4 is 5.73 Å². The molecule has 5 heteroatoms. The average molecular weight is 133 g/mol. The van der Waals surface area contributed by atoms with Gasteiger partial charge >= 0.3 is 6.55 Å². The first kappa shape index (κ1) is 6.00. The summed E-state index contributed by atoms with van der Waals surface area (Å²) in [6.07, 6.45) is 2.06. The standard InChI is InChI=1S/C4H5F2N3/c5-4(6)9-1-3(7)8-2-9/h1-2,4H,7H2. The van der Waals surface area contributed by atoms with Gasteiger partial charge in [0.25, 0.3) is 0 Å². The molecule has 0 aliphatic carbocycles. The Labute approximate surface area is 50.1 Å². The molecular formula is C4H5F2N3. The normalized spacial score (nSPS) is 10.6. The third-order valence-corrected chi connectivity index (χ3v) is 0.847. The minimum atomic E-state index is -2.55. The van der Waals surface area contributed by atoms with Crippen molar-refractivity contribution in [3.8, 4) is 0 Å². The predicted molar refractivity (Wildman–Crippen MR) is 27.9 cm³/mol. The lowest BCUT2D eigenvalue weighted by Crippen LogP contribution is -1.92. The van der Waals surface area contributed by atoms with Crippen molar-refractivity contribution in [3.63, 3.8) is 0 Å². The van der Waals surface area contributed by atoms with E-state index in [0.29, 0.717) is 4.57 Å². The molecule has 0 radical (unpaired) electrons. The third-order valence-electron chi connectivity index (χ3n) is 0.847. The van der Waals surface area contributed by atoms with E-state index in [0.717, 1.165) is 12.5 Å². The first-order valence-electron chi connectivity index (χ1n) is 2.27. The summed E-state index contributed by atoms with van der Waals surface area (Å²) in [5.41, 5.74) is 5.05. The van der Waals surface area contributed by atoms with E-state index >= 15 is 0 Å². The molecule has 1 aromatic heterocycles. The predicted octanol–water partition coefficient (Wildman–Crippen LogP) is 0.860. The summed E-state index contributed by atoms with van der Waals surface area (Å²) in [4.78, 5) is 3.40. The lowest BCUT2D eigenvalue weighted by Gasteiger charge is -1.94. The highest BCUT2D eigenvalue weighted by atomic mass is 19.3. The summed E-state index contributed by atoms with van der Waals surface area (Å²) in [6, 6.07) is 0. The number of anilines is 1. The zero-order valence-electron chi connectivity index (χ0n) is 4.46. The van der Waals surface area contributed by atoms with Crippen LogP contribution in [0.5, 0.6) is 0 Å². The first-order chi connectivity index (χ1) is 4.20. The van der Waals surface area contributed by atoms with Crippen molar-refractivity contribution in [1.29, 1.82) is 0 Å². The van der Waals surface area contributed by atoms with Gasteiger partial charge in [-0.15, -0.1) is 0 Å². The molecule has 0 unspecified atom stereocenters. The molecule has 0 aliphatic rings. The highest BCUT2D eigenvalue weighted by molar-refractivity contribution is 5.22. The fraction of sp³-hybridized carbons (Fsp3) is 0.250. The molecule has 0 aromatic carbocycles. The van der Waals surface area contributed by atoms with Crippen molar-refractivity contribution in [2.24, 2.45) is 0 Å². The Hall–Kier alpha value is -1.13. The summed E-state index contributed by atoms with van der Waals surface area (Å²) in [5, 5.41) is 0. The molecule has 0 fully saturated rings. The Morgan fingerprint density at radius 1 is 1.67 bits per heavy atom. The first-order valence-corrected chi connectivity index (χ1v) is 2.27. The summed E-state index contributed by atoms with van der Waals surface area (Å²) < 4.78 is 23.9. The lowest BCUT2D eigenvalue weighted by atomic mass is 10.8. The van der Waals surface area contributed by atoms with E-state index in [-0.39, 0.29) is 5.82 Å². The van der Waals surface area contributed by atoms with Crippen molar-refractivity contribution >= 4 is 5.82 Å². The third kappa shape index (κ3) is 1.16. The van der Waals surface area contributed by atoms with Gasteiger partial charge in [0.15, 0.2) is 0 Å². The van der Waals surface area contributed by atoms with Crippen LogP contribution in [0.2, 0.25) is 0 Å². The number of alkyl halides is 2. The van der Waals surface area contributed by atoms with Crippen molar-refractivity contribution in [2.45, 2.75) is 6.55 Å². The van der Waals surface area contributed by atoms with Crippen LogP contribution in [-0.4, -0.2) is 9.55 Å². The molecule has 0 saturated carbocycles. The van der Waals surface area contributed by atoms with Crippen molar-refractivity contribution in [3.05, 3.63) is 12.5 Å². The van der Waals surface area contributed by atoms with Crippen LogP contribution >= 0.6 is 0 Å². The topological polar surface area (TPSA) is 43.8 Å². The van der Waals surface area contributed by atoms with Crippen LogP contribution in [0.15, 0.2) is 12.5 Å². The van der Waals surface area contributed by atoms with Crippen LogP contribution in [0.25, 0.3) is 0 Å². The van der Waals surface area contributed by atoms with Gasteiger partial charge in [0.2, 0.25) is 0 Å². The van der Waals surface area contributed by atoms with Gasteiger partial charge in [-0.1, -0.05) is 0 Å². The SMILES string of the molecule is Nc1cn(C(F)F)cn1. The number of hydrogen-bond donors (Lipinski definition) is 1. The monoisotopic (exact) mass is 133 g/mol. The zero-order chi connectivity index (χ0) is 6.85. The molecule has 0 aliphatic heterocycles. The molecule has 0 bridgehead atoms. The van der Waals surface area contributed by atoms with Gasteiger partial charge in [0.05, 0.1) is 6.20 Å². The van der Waals surface area contributed by atoms with Gasteiger partial charge in [-0.2, -0.15) is 8.78 Å². The number of aromatic nitrogens is 2. The van der Waals surface area contributed by atoms with Gasteiger partial charge in [0.1, 0.15) is 12.1 Å². The second-order valence-corrected chi connectivity index (χ2v) is 1.52. The molecule has 0 spiro atoms. The van der Waals surface area contributed by atoms with E-state index in [1.807, 2.05) is 0 Å². The Morgan fingerprint density at radius 3 is 2.56 bits per heavy atom. The summed E-state index contributed by atoms with van der Waals surface area (Å²) >= 11 is 0. The lowest BCUT2D eigenvalue weighted by molar-refractivity contribution is 0.0702. The second-order valence-electron chi connectivity index (χ2n) is 1.52. The molecule has 50 valence electrons. The number of imidazole rings is 1. The molecular weight excluding hydrogens is 128 g/mol. The Kier molecular flexibility index (Phi) is 1.33. The number of nitrogens with zero attached hydrogens (tertiary/aromatic N) is 2. The number of halogens is 2. The highest BCUT2D eigenvalue weighted by Gasteiger charge is 2.03. The van der Waals surface area contributed by atoms with Crippen LogP contribution in [0.4, 0.5) is 14.6 Å². The zero-order valence-corrected chi connectivity index (χ0v) is 4.46. The molecule has 1 aromatic rings. The molecule has 2 N–H and O–H groups in total. The van der Waals surface area contributed by atoms with Crippen molar-refractivity contribution < 1.29 is 8.78 Å². The number of nitrogen functional groups attached to an aromatic ring is 1. The van der Waals surface area contributed by atoms with Crippen LogP contribution in [0.3, 0.4) is 0 Å². The Balaban J connectivity index is 2.85. The minimum absolute atomic E-state index is 0.107. The van der Waals surface area contributed by atoms with E-state index in [4.69, 9.17) is 5.73 Å². The fourth-order valence-electron chi connectivity index (χ4n) is 0.459. The second kappa shape index (κ2) is 2.00. The van der Waals surface area contributed by atoms with Crippen molar-refractivity contribution in [1.82, 2.24) is 9.55 Å². The van der Waals surface area contributed by atoms with Crippen LogP contribution in [0.1, 0.15) is 6.55 Å². The molecule has 1 heterocycles. The van der Waals surface area contributed by atoms with E-state index in [1.54, 1.807) is 0 Å². The maximum absolute atomic E-state index is 11.6. The summed E-state index contributed by atoms with van der Waals surface area (Å²) in [6.45, 7) is -2.55. The molecule has 9 heavy (non-hydrogen) atoms. The summed E-state index contributed by atoms with van der Waals surface area (Å²) in [7, 11) is 0. The largest absolute Gasteiger partial charge is 0.382 e. The van der Waals surface area contributed by atoms with E-state index in [1.165, 1.54) is 0 Å². The molecule has 3 nitrogen and oxygen atoms in total. The smallest absolute Gasteiger partial charge is 0.319 e. The van der Waals surface area contributed by atoms with Crippen LogP contribution in [-0.2, 0) is 0 Å². The van der Waals surface area contributed by atoms with E-state index < -0.39 is 6.55 Å². The number of hydrogen-bond acceptors (Lipinski definition) is 2. The number of rotatable bonds is 1. The maximum atomic E-state index is 11.6. The number of nitrogens with two attached hydrogens (primary N) is 1. The van der Waals surface area contributed by atoms with Gasteiger partial charge in [-0.3, -0.25) is 4.57 Å². The van der Waals surface area contributed by atoms with Crippen LogP contribution in [0, 0.1) is 0 Å². The van der Waals surface area contributed by atoms with E-state index in [9.17, 15) is 8.78 Å². The molecule has 0 atom stereocenters.